The van der Waals surface area contributed by atoms with E-state index in [0.717, 1.165) is 0 Å². The minimum Gasteiger partial charge on any atom is -0.265 e. The average Bonchev–Trinajstić information content (AvgIpc) is 2.90. The molecule has 1 heterocycles. The van der Waals surface area contributed by atoms with Gasteiger partial charge in [-0.2, -0.15) is 0 Å². The van der Waals surface area contributed by atoms with Crippen molar-refractivity contribution in [2.45, 2.75) is 139 Å². The van der Waals surface area contributed by atoms with E-state index >= 15 is 0 Å². The zero-order valence-corrected chi connectivity index (χ0v) is 28.6. The van der Waals surface area contributed by atoms with Gasteiger partial charge in [0.15, 0.2) is 0 Å². The van der Waals surface area contributed by atoms with Gasteiger partial charge in [-0.15, -0.1) is 0 Å². The number of hydrogen-bond donors (Lipinski definition) is 0. The van der Waals surface area contributed by atoms with Gasteiger partial charge in [-0.25, -0.2) is 0 Å². The third kappa shape index (κ3) is 22.9. The van der Waals surface area contributed by atoms with Crippen molar-refractivity contribution >= 4 is 15.7 Å². The van der Waals surface area contributed by atoms with Gasteiger partial charge in [-0.05, 0) is 115 Å². The van der Waals surface area contributed by atoms with Gasteiger partial charge in [0.2, 0.25) is 0 Å². The minimum absolute atomic E-state index is 0. The van der Waals surface area contributed by atoms with Crippen LogP contribution in [0, 0.1) is 0 Å². The first-order valence-corrected chi connectivity index (χ1v) is 19.2. The number of allylic oxidation sites excluding steroid dienone is 4. The molecule has 41 heavy (non-hydrogen) atoms. The molecule has 4 aliphatic rings. The first-order chi connectivity index (χ1) is 18.9. The van der Waals surface area contributed by atoms with Gasteiger partial charge in [0, 0.05) is 40.4 Å². The van der Waals surface area contributed by atoms with Crippen molar-refractivity contribution in [1.82, 2.24) is 4.98 Å². The van der Waals surface area contributed by atoms with Gasteiger partial charge in [0.25, 0.3) is 0 Å². The van der Waals surface area contributed by atoms with Crippen LogP contribution in [-0.4, -0.2) is 22.0 Å². The summed E-state index contributed by atoms with van der Waals surface area (Å²) in [6.07, 6.45) is 41.3. The van der Waals surface area contributed by atoms with Crippen molar-refractivity contribution in [2.75, 3.05) is 0 Å². The average molecular weight is 806 g/mol. The molecule has 3 saturated carbocycles. The molecule has 4 aliphatic carbocycles. The molecule has 241 valence electrons. The summed E-state index contributed by atoms with van der Waals surface area (Å²) >= 11 is 0. The van der Waals surface area contributed by atoms with Gasteiger partial charge in [-0.1, -0.05) is 49.6 Å². The minimum atomic E-state index is -10.7. The van der Waals surface area contributed by atoms with Crippen LogP contribution in [-0.2, 0) is 20.1 Å². The summed E-state index contributed by atoms with van der Waals surface area (Å²) in [6.45, 7) is 0. The SMILES string of the molecule is C1=C\CC/C=C\CC/1.C1CCC([PH+](C2CCCCC2)C2CCCCC2)CC1.F[P-](F)(F)(F)(F)F.[Ir].c1ccncc1. The second kappa shape index (κ2) is 19.2. The molecule has 10 heteroatoms. The molecule has 0 spiro atoms. The molecule has 0 aliphatic heterocycles. The van der Waals surface area contributed by atoms with E-state index in [9.17, 15) is 25.2 Å². The zero-order chi connectivity index (χ0) is 29.2. The van der Waals surface area contributed by atoms with Crippen LogP contribution < -0.4 is 0 Å². The molecule has 5 rings (SSSR count). The number of nitrogens with zero attached hydrogens (tertiary/aromatic N) is 1. The summed E-state index contributed by atoms with van der Waals surface area (Å²) in [6, 6.07) is 5.72. The summed E-state index contributed by atoms with van der Waals surface area (Å²) < 4.78 is 59.2. The predicted octanol–water partition coefficient (Wildman–Crippen LogP) is 13.3. The molecule has 1 aromatic heterocycles. The Morgan fingerprint density at radius 1 is 0.463 bits per heavy atom. The Morgan fingerprint density at radius 2 is 0.732 bits per heavy atom. The van der Waals surface area contributed by atoms with E-state index < -0.39 is 7.81 Å². The number of rotatable bonds is 3. The Kier molecular flexibility index (Phi) is 18.1. The van der Waals surface area contributed by atoms with E-state index in [0.29, 0.717) is 0 Å². The third-order valence-corrected chi connectivity index (χ3v) is 12.7. The number of halogens is 6. The smallest absolute Gasteiger partial charge is 0.0267 e. The summed E-state index contributed by atoms with van der Waals surface area (Å²) in [5, 5.41) is 0. The van der Waals surface area contributed by atoms with Gasteiger partial charge >= 0.3 is 33.0 Å². The summed E-state index contributed by atoms with van der Waals surface area (Å²) in [5.41, 5.74) is 3.68. The van der Waals surface area contributed by atoms with Crippen molar-refractivity contribution in [2.24, 2.45) is 0 Å². The van der Waals surface area contributed by atoms with Crippen molar-refractivity contribution < 1.29 is 45.3 Å². The monoisotopic (exact) mass is 806 g/mol. The maximum Gasteiger partial charge on any atom is 0.0267 e. The van der Waals surface area contributed by atoms with E-state index in [1.807, 2.05) is 18.2 Å². The van der Waals surface area contributed by atoms with Crippen LogP contribution in [0.3, 0.4) is 0 Å². The van der Waals surface area contributed by atoms with Crippen LogP contribution in [0.2, 0.25) is 0 Å². The van der Waals surface area contributed by atoms with E-state index in [-0.39, 0.29) is 28.0 Å². The second-order valence-electron chi connectivity index (χ2n) is 11.6. The van der Waals surface area contributed by atoms with E-state index in [4.69, 9.17) is 0 Å². The van der Waals surface area contributed by atoms with Crippen LogP contribution in [0.15, 0.2) is 54.9 Å². The van der Waals surface area contributed by atoms with E-state index in [1.165, 1.54) is 42.7 Å². The first kappa shape index (κ1) is 38.7. The topological polar surface area (TPSA) is 12.9 Å². The maximum absolute atomic E-state index is 10.7. The fourth-order valence-corrected chi connectivity index (χ4v) is 11.7. The molecule has 1 radical (unpaired) electrons. The fraction of sp³-hybridized carbons (Fsp3) is 0.710. The summed E-state index contributed by atoms with van der Waals surface area (Å²) in [7, 11) is -10.7. The van der Waals surface area contributed by atoms with Crippen LogP contribution in [0.25, 0.3) is 0 Å². The summed E-state index contributed by atoms with van der Waals surface area (Å²) in [4.78, 5) is 3.78. The van der Waals surface area contributed by atoms with Crippen molar-refractivity contribution in [3.8, 4) is 0 Å². The number of hydrogen-bond acceptors (Lipinski definition) is 1. The molecule has 0 bridgehead atoms. The fourth-order valence-electron chi connectivity index (χ4n) is 6.48. The molecule has 0 N–H and O–H groups in total. The molecule has 3 fully saturated rings. The van der Waals surface area contributed by atoms with Crippen LogP contribution >= 0.6 is 15.7 Å². The molecule has 0 atom stereocenters. The zero-order valence-electron chi connectivity index (χ0n) is 24.4. The van der Waals surface area contributed by atoms with Gasteiger partial charge in [-0.3, -0.25) is 4.98 Å². The Labute approximate surface area is 259 Å². The van der Waals surface area contributed by atoms with Gasteiger partial charge < -0.3 is 0 Å². The van der Waals surface area contributed by atoms with Gasteiger partial charge in [0.05, 0.1) is 17.0 Å². The molecular weight excluding hydrogens is 755 g/mol. The first-order valence-electron chi connectivity index (χ1n) is 15.5. The standard InChI is InChI=1S/C18H33P.C8H12.C5H5N.F6P.Ir/c1-4-10-16(11-5-1)19(17-12-6-2-7-13-17)18-14-8-3-9-15-18;1-2-4-6-8-7-5-3-1;1-2-4-6-5-3-1;1-7(2,3,4,5)6;/h16-18H,1-15H2;1-2,7-8H,3-6H2;1-5H;;/q;;;-1;/p+1/b;2-1-,8-7-;;;. The van der Waals surface area contributed by atoms with Crippen molar-refractivity contribution in [1.29, 1.82) is 0 Å². The van der Waals surface area contributed by atoms with Crippen LogP contribution in [0.4, 0.5) is 25.2 Å². The molecule has 0 aromatic carbocycles. The number of aromatic nitrogens is 1. The maximum atomic E-state index is 9.87. The molecule has 1 nitrogen and oxygen atoms in total. The Bertz CT molecular complexity index is 727. The molecular formula is C31H51F6IrNP2. The largest absolute Gasteiger partial charge is 0.265 e. The number of pyridine rings is 1. The normalized spacial score (nSPS) is 24.0. The predicted molar refractivity (Wildman–Crippen MR) is 163 cm³/mol. The Hall–Kier alpha value is -0.281. The van der Waals surface area contributed by atoms with Crippen LogP contribution in [0.5, 0.6) is 0 Å². The van der Waals surface area contributed by atoms with E-state index in [2.05, 4.69) is 29.3 Å². The Morgan fingerprint density at radius 3 is 0.927 bits per heavy atom. The quantitative estimate of drug-likeness (QED) is 0.168. The molecule has 0 unspecified atom stereocenters. The van der Waals surface area contributed by atoms with E-state index in [1.54, 1.807) is 109 Å². The Balaban J connectivity index is 0.000000317. The molecule has 1 aromatic rings. The second-order valence-corrected chi connectivity index (χ2v) is 17.0. The third-order valence-electron chi connectivity index (χ3n) is 8.13. The van der Waals surface area contributed by atoms with Gasteiger partial charge in [0.1, 0.15) is 0 Å². The van der Waals surface area contributed by atoms with Crippen molar-refractivity contribution in [3.05, 3.63) is 54.9 Å². The summed E-state index contributed by atoms with van der Waals surface area (Å²) in [5.74, 6) is 0. The molecule has 0 amide bonds. The van der Waals surface area contributed by atoms with Crippen LogP contribution in [0.1, 0.15) is 122 Å². The van der Waals surface area contributed by atoms with Crippen molar-refractivity contribution in [3.63, 3.8) is 0 Å². The molecule has 0 saturated heterocycles.